The monoisotopic (exact) mass is 372 g/mol. The lowest BCUT2D eigenvalue weighted by Gasteiger charge is -2.41. The van der Waals surface area contributed by atoms with Gasteiger partial charge >= 0.3 is 5.97 Å². The second-order valence-electron chi connectivity index (χ2n) is 8.56. The second kappa shape index (κ2) is 8.79. The average Bonchev–Trinajstić information content (AvgIpc) is 2.66. The molecule has 0 aliphatic heterocycles. The molecule has 3 rings (SSSR count). The Labute approximate surface area is 154 Å². The van der Waals surface area contributed by atoms with Crippen LogP contribution in [0.1, 0.15) is 64.2 Å². The van der Waals surface area contributed by atoms with Gasteiger partial charge in [0, 0.05) is 6.08 Å². The molecule has 0 radical (unpaired) electrons. The molecule has 2 unspecified atom stereocenters. The van der Waals surface area contributed by atoms with Crippen LogP contribution in [0.15, 0.2) is 12.7 Å². The lowest BCUT2D eigenvalue weighted by atomic mass is 9.66. The molecule has 0 aromatic heterocycles. The molecule has 0 spiro atoms. The van der Waals surface area contributed by atoms with E-state index in [0.29, 0.717) is 17.8 Å². The van der Waals surface area contributed by atoms with Crippen molar-refractivity contribution in [1.82, 2.24) is 0 Å². The van der Waals surface area contributed by atoms with E-state index in [1.165, 1.54) is 6.08 Å². The van der Waals surface area contributed by atoms with E-state index < -0.39 is 18.5 Å². The third-order valence-corrected chi connectivity index (χ3v) is 7.07. The predicted molar refractivity (Wildman–Crippen MR) is 94.9 cm³/mol. The Morgan fingerprint density at radius 2 is 1.19 bits per heavy atom. The van der Waals surface area contributed by atoms with Crippen LogP contribution in [0.2, 0.25) is 0 Å². The third-order valence-electron chi connectivity index (χ3n) is 7.07. The first-order chi connectivity index (χ1) is 12.5. The molecule has 26 heavy (non-hydrogen) atoms. The van der Waals surface area contributed by atoms with Crippen LogP contribution < -0.4 is 0 Å². The molecule has 3 aliphatic carbocycles. The molecule has 0 N–H and O–H groups in total. The molecule has 148 valence electrons. The molecule has 0 amide bonds. The van der Waals surface area contributed by atoms with Gasteiger partial charge in [-0.1, -0.05) is 6.58 Å². The van der Waals surface area contributed by atoms with Crippen molar-refractivity contribution in [1.29, 1.82) is 0 Å². The van der Waals surface area contributed by atoms with Crippen molar-refractivity contribution >= 4 is 5.97 Å². The minimum Gasteiger partial charge on any atom is -0.459 e. The number of esters is 1. The molecular weight excluding hydrogens is 341 g/mol. The van der Waals surface area contributed by atoms with E-state index >= 15 is 0 Å². The molecule has 0 bridgehead atoms. The van der Waals surface area contributed by atoms with Crippen molar-refractivity contribution in [2.45, 2.75) is 88.8 Å². The minimum absolute atomic E-state index is 0.00185. The Morgan fingerprint density at radius 3 is 1.65 bits per heavy atom. The summed E-state index contributed by atoms with van der Waals surface area (Å²) >= 11 is 0. The standard InChI is InChI=1S/C21H31F3O2/c1-2-20(25)26-17-9-7-14(8-10-17)13-3-5-15(6-4-13)16-11-18(22)21(24)19(23)12-16/h2,13-19,21H,1,3-12H2. The zero-order chi connectivity index (χ0) is 18.7. The van der Waals surface area contributed by atoms with Crippen molar-refractivity contribution in [2.75, 3.05) is 0 Å². The highest BCUT2D eigenvalue weighted by Crippen LogP contribution is 2.46. The topological polar surface area (TPSA) is 26.3 Å². The van der Waals surface area contributed by atoms with Crippen molar-refractivity contribution in [3.05, 3.63) is 12.7 Å². The van der Waals surface area contributed by atoms with Crippen LogP contribution in [-0.2, 0) is 9.53 Å². The molecule has 2 atom stereocenters. The summed E-state index contributed by atoms with van der Waals surface area (Å²) in [6, 6.07) is 0. The molecule has 3 saturated carbocycles. The quantitative estimate of drug-likeness (QED) is 0.481. The zero-order valence-electron chi connectivity index (χ0n) is 15.4. The van der Waals surface area contributed by atoms with Gasteiger partial charge in [0.15, 0.2) is 6.17 Å². The van der Waals surface area contributed by atoms with Gasteiger partial charge in [-0.3, -0.25) is 0 Å². The number of rotatable bonds is 4. The van der Waals surface area contributed by atoms with Crippen LogP contribution in [0, 0.1) is 23.7 Å². The molecule has 0 heterocycles. The van der Waals surface area contributed by atoms with E-state index in [1.807, 2.05) is 0 Å². The van der Waals surface area contributed by atoms with Gasteiger partial charge in [0.1, 0.15) is 18.4 Å². The zero-order valence-corrected chi connectivity index (χ0v) is 15.4. The van der Waals surface area contributed by atoms with Crippen LogP contribution in [0.5, 0.6) is 0 Å². The molecular formula is C21H31F3O2. The number of carbonyl (C=O) groups is 1. The van der Waals surface area contributed by atoms with E-state index in [9.17, 15) is 18.0 Å². The fourth-order valence-electron chi connectivity index (χ4n) is 5.52. The first kappa shape index (κ1) is 19.8. The molecule has 0 aromatic carbocycles. The number of hydrogen-bond donors (Lipinski definition) is 0. The number of ether oxygens (including phenoxy) is 1. The van der Waals surface area contributed by atoms with Crippen molar-refractivity contribution in [3.63, 3.8) is 0 Å². The Balaban J connectivity index is 1.42. The summed E-state index contributed by atoms with van der Waals surface area (Å²) in [6.45, 7) is 3.43. The van der Waals surface area contributed by atoms with Crippen LogP contribution in [0.25, 0.3) is 0 Å². The fraction of sp³-hybridized carbons (Fsp3) is 0.857. The maximum absolute atomic E-state index is 13.7. The number of carbonyl (C=O) groups excluding carboxylic acids is 1. The normalized spacial score (nSPS) is 44.3. The van der Waals surface area contributed by atoms with Gasteiger partial charge in [0.05, 0.1) is 0 Å². The Kier molecular flexibility index (Phi) is 6.68. The highest BCUT2D eigenvalue weighted by molar-refractivity contribution is 5.81. The van der Waals surface area contributed by atoms with Crippen molar-refractivity contribution < 1.29 is 22.7 Å². The molecule has 3 fully saturated rings. The van der Waals surface area contributed by atoms with Gasteiger partial charge in [0.25, 0.3) is 0 Å². The van der Waals surface area contributed by atoms with Crippen molar-refractivity contribution in [2.24, 2.45) is 23.7 Å². The van der Waals surface area contributed by atoms with E-state index in [2.05, 4.69) is 6.58 Å². The molecule has 0 aromatic rings. The summed E-state index contributed by atoms with van der Waals surface area (Å²) < 4.78 is 46.1. The summed E-state index contributed by atoms with van der Waals surface area (Å²) in [5, 5.41) is 0. The minimum atomic E-state index is -1.92. The Morgan fingerprint density at radius 1 is 0.769 bits per heavy atom. The number of alkyl halides is 3. The van der Waals surface area contributed by atoms with E-state index in [0.717, 1.165) is 51.4 Å². The van der Waals surface area contributed by atoms with Crippen molar-refractivity contribution in [3.8, 4) is 0 Å². The average molecular weight is 372 g/mol. The predicted octanol–water partition coefficient (Wildman–Crippen LogP) is 5.51. The van der Waals surface area contributed by atoms with E-state index in [1.54, 1.807) is 0 Å². The molecule has 0 saturated heterocycles. The lowest BCUT2D eigenvalue weighted by Crippen LogP contribution is -2.40. The van der Waals surface area contributed by atoms with E-state index in [-0.39, 0.29) is 30.8 Å². The fourth-order valence-corrected chi connectivity index (χ4v) is 5.52. The first-order valence-electron chi connectivity index (χ1n) is 10.2. The molecule has 5 heteroatoms. The van der Waals surface area contributed by atoms with Crippen LogP contribution in [-0.4, -0.2) is 30.6 Å². The summed E-state index contributed by atoms with van der Waals surface area (Å²) in [5.74, 6) is 1.35. The van der Waals surface area contributed by atoms with Gasteiger partial charge in [0.2, 0.25) is 0 Å². The highest BCUT2D eigenvalue weighted by Gasteiger charge is 2.42. The largest absolute Gasteiger partial charge is 0.459 e. The SMILES string of the molecule is C=CC(=O)OC1CCC(C2CCC(C3CC(F)C(F)C(F)C3)CC2)CC1. The summed E-state index contributed by atoms with van der Waals surface area (Å²) in [5.41, 5.74) is 0. The maximum atomic E-state index is 13.7. The van der Waals surface area contributed by atoms with Crippen LogP contribution >= 0.6 is 0 Å². The van der Waals surface area contributed by atoms with Gasteiger partial charge in [-0.25, -0.2) is 18.0 Å². The molecule has 3 aliphatic rings. The Hall–Kier alpha value is -1.00. The number of halogens is 3. The Bertz CT molecular complexity index is 470. The number of hydrogen-bond acceptors (Lipinski definition) is 2. The summed E-state index contributed by atoms with van der Waals surface area (Å²) in [6.07, 6.45) is 4.66. The molecule has 2 nitrogen and oxygen atoms in total. The first-order valence-corrected chi connectivity index (χ1v) is 10.2. The van der Waals surface area contributed by atoms with Gasteiger partial charge in [-0.2, -0.15) is 0 Å². The van der Waals surface area contributed by atoms with E-state index in [4.69, 9.17) is 4.74 Å². The lowest BCUT2D eigenvalue weighted by molar-refractivity contribution is -0.145. The highest BCUT2D eigenvalue weighted by atomic mass is 19.2. The summed E-state index contributed by atoms with van der Waals surface area (Å²) in [7, 11) is 0. The smallest absolute Gasteiger partial charge is 0.330 e. The second-order valence-corrected chi connectivity index (χ2v) is 8.56. The van der Waals surface area contributed by atoms with Crippen LogP contribution in [0.3, 0.4) is 0 Å². The van der Waals surface area contributed by atoms with Gasteiger partial charge in [-0.15, -0.1) is 0 Å². The van der Waals surface area contributed by atoms with Gasteiger partial charge in [-0.05, 0) is 87.9 Å². The summed E-state index contributed by atoms with van der Waals surface area (Å²) in [4.78, 5) is 11.3. The van der Waals surface area contributed by atoms with Crippen LogP contribution in [0.4, 0.5) is 13.2 Å². The maximum Gasteiger partial charge on any atom is 0.330 e. The third kappa shape index (κ3) is 4.64. The van der Waals surface area contributed by atoms with Gasteiger partial charge < -0.3 is 4.74 Å².